The fraction of sp³-hybridized carbons (Fsp3) is 0.310. The van der Waals surface area contributed by atoms with E-state index in [-0.39, 0.29) is 17.6 Å². The average Bonchev–Trinajstić information content (AvgIpc) is 3.30. The predicted molar refractivity (Wildman–Crippen MR) is 152 cm³/mol. The van der Waals surface area contributed by atoms with Gasteiger partial charge in [0.15, 0.2) is 5.82 Å². The van der Waals surface area contributed by atoms with Crippen molar-refractivity contribution in [1.29, 1.82) is 0 Å². The number of carbonyl (C=O) groups excluding carboxylic acids is 2. The number of amides is 1. The van der Waals surface area contributed by atoms with Crippen molar-refractivity contribution in [3.63, 3.8) is 0 Å². The van der Waals surface area contributed by atoms with Crippen LogP contribution in [0.2, 0.25) is 0 Å². The third-order valence-corrected chi connectivity index (χ3v) is 8.42. The SMILES string of the molecule is CCOC(=O)c1c(NC(=O)CSc2nc(-c3ccccc3)nc3ccc(OCC)cc23)sc2c1CCCC2. The van der Waals surface area contributed by atoms with Crippen LogP contribution in [0.5, 0.6) is 5.75 Å². The topological polar surface area (TPSA) is 90.4 Å². The van der Waals surface area contributed by atoms with Crippen LogP contribution in [-0.2, 0) is 22.4 Å². The number of rotatable bonds is 9. The summed E-state index contributed by atoms with van der Waals surface area (Å²) in [7, 11) is 0. The van der Waals surface area contributed by atoms with Gasteiger partial charge >= 0.3 is 5.97 Å². The summed E-state index contributed by atoms with van der Waals surface area (Å²) in [5.74, 6) is 0.886. The van der Waals surface area contributed by atoms with Crippen LogP contribution in [-0.4, -0.2) is 40.8 Å². The number of thiophene rings is 1. The number of nitrogens with one attached hydrogen (secondary N) is 1. The van der Waals surface area contributed by atoms with Crippen molar-refractivity contribution in [2.75, 3.05) is 24.3 Å². The van der Waals surface area contributed by atoms with Gasteiger partial charge < -0.3 is 14.8 Å². The van der Waals surface area contributed by atoms with Crippen LogP contribution >= 0.6 is 23.1 Å². The second-order valence-corrected chi connectivity index (χ2v) is 10.9. The molecule has 1 aliphatic carbocycles. The van der Waals surface area contributed by atoms with Crippen LogP contribution in [0, 0.1) is 0 Å². The fourth-order valence-corrected chi connectivity index (χ4v) is 6.64. The van der Waals surface area contributed by atoms with Gasteiger partial charge in [-0.25, -0.2) is 14.8 Å². The molecule has 0 spiro atoms. The number of ether oxygens (including phenoxy) is 2. The monoisotopic (exact) mass is 547 g/mol. The number of hydrogen-bond acceptors (Lipinski definition) is 8. The van der Waals surface area contributed by atoms with Crippen LogP contribution in [0.15, 0.2) is 53.6 Å². The maximum atomic E-state index is 13.1. The highest BCUT2D eigenvalue weighted by molar-refractivity contribution is 8.00. The smallest absolute Gasteiger partial charge is 0.341 e. The molecule has 0 unspecified atom stereocenters. The third-order valence-electron chi connectivity index (χ3n) is 6.22. The first-order valence-corrected chi connectivity index (χ1v) is 14.6. The Labute approximate surface area is 230 Å². The number of benzene rings is 2. The highest BCUT2D eigenvalue weighted by atomic mass is 32.2. The van der Waals surface area contributed by atoms with Gasteiger partial charge in [-0.15, -0.1) is 11.3 Å². The molecule has 0 radical (unpaired) electrons. The van der Waals surface area contributed by atoms with Gasteiger partial charge in [0, 0.05) is 15.8 Å². The quantitative estimate of drug-likeness (QED) is 0.144. The maximum Gasteiger partial charge on any atom is 0.341 e. The number of fused-ring (bicyclic) bond motifs is 2. The van der Waals surface area contributed by atoms with Crippen molar-refractivity contribution in [3.8, 4) is 17.1 Å². The van der Waals surface area contributed by atoms with Crippen molar-refractivity contribution in [2.45, 2.75) is 44.6 Å². The zero-order valence-corrected chi connectivity index (χ0v) is 23.0. The highest BCUT2D eigenvalue weighted by Gasteiger charge is 2.27. The molecule has 0 saturated heterocycles. The van der Waals surface area contributed by atoms with E-state index in [0.29, 0.717) is 34.6 Å². The minimum absolute atomic E-state index is 0.129. The zero-order valence-electron chi connectivity index (χ0n) is 21.4. The summed E-state index contributed by atoms with van der Waals surface area (Å²) in [6, 6.07) is 15.5. The number of anilines is 1. The van der Waals surface area contributed by atoms with Gasteiger partial charge in [-0.05, 0) is 63.3 Å². The summed E-state index contributed by atoms with van der Waals surface area (Å²) in [6.45, 7) is 4.57. The largest absolute Gasteiger partial charge is 0.494 e. The Hall–Kier alpha value is -3.43. The van der Waals surface area contributed by atoms with Gasteiger partial charge in [-0.2, -0.15) is 0 Å². The van der Waals surface area contributed by atoms with E-state index in [1.165, 1.54) is 28.0 Å². The summed E-state index contributed by atoms with van der Waals surface area (Å²) >= 11 is 2.83. The number of carbonyl (C=O) groups is 2. The number of esters is 1. The summed E-state index contributed by atoms with van der Waals surface area (Å²) in [4.78, 5) is 36.7. The summed E-state index contributed by atoms with van der Waals surface area (Å²) in [5, 5.41) is 5.10. The molecule has 38 heavy (non-hydrogen) atoms. The fourth-order valence-electron chi connectivity index (χ4n) is 4.53. The van der Waals surface area contributed by atoms with E-state index in [1.807, 2.05) is 55.5 Å². The van der Waals surface area contributed by atoms with Crippen molar-refractivity contribution in [2.24, 2.45) is 0 Å². The molecule has 1 N–H and O–H groups in total. The van der Waals surface area contributed by atoms with Crippen molar-refractivity contribution in [3.05, 3.63) is 64.5 Å². The molecule has 2 heterocycles. The van der Waals surface area contributed by atoms with E-state index < -0.39 is 0 Å². The van der Waals surface area contributed by atoms with Gasteiger partial charge in [0.05, 0.1) is 30.0 Å². The molecule has 9 heteroatoms. The molecule has 5 rings (SSSR count). The number of aromatic nitrogens is 2. The lowest BCUT2D eigenvalue weighted by molar-refractivity contribution is -0.113. The van der Waals surface area contributed by atoms with E-state index in [4.69, 9.17) is 19.4 Å². The normalized spacial score (nSPS) is 12.7. The van der Waals surface area contributed by atoms with Gasteiger partial charge in [0.2, 0.25) is 5.91 Å². The molecular formula is C29H29N3O4S2. The molecule has 1 amide bonds. The first kappa shape index (κ1) is 26.2. The number of hydrogen-bond donors (Lipinski definition) is 1. The van der Waals surface area contributed by atoms with Crippen LogP contribution in [0.1, 0.15) is 47.5 Å². The lowest BCUT2D eigenvalue weighted by atomic mass is 9.95. The first-order valence-electron chi connectivity index (χ1n) is 12.8. The van der Waals surface area contributed by atoms with E-state index in [9.17, 15) is 9.59 Å². The first-order chi connectivity index (χ1) is 18.6. The van der Waals surface area contributed by atoms with Gasteiger partial charge in [0.25, 0.3) is 0 Å². The molecule has 2 aromatic heterocycles. The second kappa shape index (κ2) is 12.0. The lowest BCUT2D eigenvalue weighted by Gasteiger charge is -2.12. The van der Waals surface area contributed by atoms with Crippen molar-refractivity contribution < 1.29 is 19.1 Å². The molecule has 2 aromatic carbocycles. The highest BCUT2D eigenvalue weighted by Crippen LogP contribution is 2.39. The Morgan fingerprint density at radius 1 is 1.03 bits per heavy atom. The maximum absolute atomic E-state index is 13.1. The molecule has 0 fully saturated rings. The van der Waals surface area contributed by atoms with E-state index in [1.54, 1.807) is 6.92 Å². The van der Waals surface area contributed by atoms with Crippen LogP contribution < -0.4 is 10.1 Å². The molecule has 0 atom stereocenters. The Balaban J connectivity index is 1.42. The zero-order chi connectivity index (χ0) is 26.5. The molecule has 1 aliphatic rings. The minimum Gasteiger partial charge on any atom is -0.494 e. The van der Waals surface area contributed by atoms with E-state index >= 15 is 0 Å². The number of thioether (sulfide) groups is 1. The van der Waals surface area contributed by atoms with Crippen molar-refractivity contribution >= 4 is 50.9 Å². The van der Waals surface area contributed by atoms with Crippen LogP contribution in [0.4, 0.5) is 5.00 Å². The summed E-state index contributed by atoms with van der Waals surface area (Å²) in [5.41, 5.74) is 3.23. The molecule has 4 aromatic rings. The second-order valence-electron chi connectivity index (χ2n) is 8.80. The Kier molecular flexibility index (Phi) is 8.24. The third kappa shape index (κ3) is 5.68. The number of nitrogens with zero attached hydrogens (tertiary/aromatic N) is 2. The van der Waals surface area contributed by atoms with Gasteiger partial charge in [-0.1, -0.05) is 42.1 Å². The lowest BCUT2D eigenvalue weighted by Crippen LogP contribution is -2.17. The average molecular weight is 548 g/mol. The Bertz CT molecular complexity index is 1470. The summed E-state index contributed by atoms with van der Waals surface area (Å²) in [6.07, 6.45) is 3.89. The number of aryl methyl sites for hydroxylation is 1. The van der Waals surface area contributed by atoms with Crippen LogP contribution in [0.25, 0.3) is 22.3 Å². The van der Waals surface area contributed by atoms with E-state index in [0.717, 1.165) is 53.5 Å². The van der Waals surface area contributed by atoms with E-state index in [2.05, 4.69) is 5.32 Å². The molecule has 196 valence electrons. The molecule has 0 saturated carbocycles. The molecule has 0 aliphatic heterocycles. The van der Waals surface area contributed by atoms with Gasteiger partial charge in [-0.3, -0.25) is 4.79 Å². The molecule has 0 bridgehead atoms. The Morgan fingerprint density at radius 3 is 2.63 bits per heavy atom. The van der Waals surface area contributed by atoms with Crippen LogP contribution in [0.3, 0.4) is 0 Å². The minimum atomic E-state index is -0.368. The summed E-state index contributed by atoms with van der Waals surface area (Å²) < 4.78 is 11.0. The van der Waals surface area contributed by atoms with Crippen molar-refractivity contribution in [1.82, 2.24) is 9.97 Å². The predicted octanol–water partition coefficient (Wildman–Crippen LogP) is 6.54. The van der Waals surface area contributed by atoms with Gasteiger partial charge in [0.1, 0.15) is 15.8 Å². The Morgan fingerprint density at radius 2 is 1.84 bits per heavy atom. The standard InChI is InChI=1S/C29H29N3O4S2/c1-3-35-19-14-15-22-21(16-19)27(32-26(30-22)18-10-6-5-7-11-18)37-17-24(33)31-28-25(29(34)36-4-2)20-12-8-9-13-23(20)38-28/h5-7,10-11,14-16H,3-4,8-9,12-13,17H2,1-2H3,(H,31,33). The molecule has 7 nitrogen and oxygen atoms in total. The molecular weight excluding hydrogens is 518 g/mol.